The second kappa shape index (κ2) is 4.52. The third-order valence-corrected chi connectivity index (χ3v) is 7.88. The number of carbonyl (C=O) groups is 3. The number of hydrogen-bond acceptors (Lipinski definition) is 3. The molecule has 120 valence electrons. The van der Waals surface area contributed by atoms with Crippen LogP contribution in [0.25, 0.3) is 0 Å². The van der Waals surface area contributed by atoms with Gasteiger partial charge in [-0.15, -0.1) is 0 Å². The van der Waals surface area contributed by atoms with E-state index >= 15 is 0 Å². The van der Waals surface area contributed by atoms with Crippen molar-refractivity contribution in [2.75, 3.05) is 0 Å². The summed E-state index contributed by atoms with van der Waals surface area (Å²) in [7, 11) is 0. The summed E-state index contributed by atoms with van der Waals surface area (Å²) in [5, 5.41) is 0. The SMILES string of the molecule is C[C@]12CCC(=O)C[C@@H]1CC[C@@H]1[C@@H]2C(=O)C[C@]2(C)C(=O)CC[C@@H]12. The zero-order chi connectivity index (χ0) is 15.7. The van der Waals surface area contributed by atoms with Crippen molar-refractivity contribution in [2.24, 2.45) is 34.5 Å². The predicted octanol–water partition coefficient (Wildman–Crippen LogP) is 3.35. The van der Waals surface area contributed by atoms with Crippen molar-refractivity contribution in [3.05, 3.63) is 0 Å². The molecule has 4 aliphatic carbocycles. The second-order valence-corrected chi connectivity index (χ2v) is 8.79. The first-order valence-corrected chi connectivity index (χ1v) is 8.94. The lowest BCUT2D eigenvalue weighted by Crippen LogP contribution is -2.57. The van der Waals surface area contributed by atoms with Crippen molar-refractivity contribution in [2.45, 2.75) is 65.2 Å². The lowest BCUT2D eigenvalue weighted by molar-refractivity contribution is -0.161. The lowest BCUT2D eigenvalue weighted by Gasteiger charge is -2.58. The molecule has 4 rings (SSSR count). The molecule has 0 bridgehead atoms. The molecule has 22 heavy (non-hydrogen) atoms. The van der Waals surface area contributed by atoms with Crippen LogP contribution in [0.3, 0.4) is 0 Å². The van der Waals surface area contributed by atoms with Gasteiger partial charge in [0.05, 0.1) is 0 Å². The van der Waals surface area contributed by atoms with Crippen molar-refractivity contribution in [1.29, 1.82) is 0 Å². The summed E-state index contributed by atoms with van der Waals surface area (Å²) in [6.07, 6.45) is 6.39. The number of fused-ring (bicyclic) bond motifs is 5. The first-order chi connectivity index (χ1) is 10.4. The van der Waals surface area contributed by atoms with E-state index in [1.54, 1.807) is 0 Å². The van der Waals surface area contributed by atoms with Crippen molar-refractivity contribution in [3.8, 4) is 0 Å². The number of carbonyl (C=O) groups excluding carboxylic acids is 3. The maximum absolute atomic E-state index is 13.0. The Balaban J connectivity index is 1.72. The van der Waals surface area contributed by atoms with E-state index < -0.39 is 0 Å². The fourth-order valence-electron chi connectivity index (χ4n) is 6.64. The third-order valence-electron chi connectivity index (χ3n) is 7.88. The molecule has 0 radical (unpaired) electrons. The molecular formula is C19H26O3. The van der Waals surface area contributed by atoms with Gasteiger partial charge in [-0.05, 0) is 48.9 Å². The Kier molecular flexibility index (Phi) is 3.00. The summed E-state index contributed by atoms with van der Waals surface area (Å²) in [5.74, 6) is 2.29. The Bertz CT molecular complexity index is 565. The fraction of sp³-hybridized carbons (Fsp3) is 0.842. The first-order valence-electron chi connectivity index (χ1n) is 8.94. The molecule has 0 aromatic carbocycles. The summed E-state index contributed by atoms with van der Waals surface area (Å²) in [5.41, 5.74) is -0.382. The summed E-state index contributed by atoms with van der Waals surface area (Å²) in [6, 6.07) is 0. The predicted molar refractivity (Wildman–Crippen MR) is 82.1 cm³/mol. The highest BCUT2D eigenvalue weighted by Gasteiger charge is 2.63. The minimum absolute atomic E-state index is 0.000871. The molecule has 0 aromatic heterocycles. The average Bonchev–Trinajstić information content (AvgIpc) is 2.75. The largest absolute Gasteiger partial charge is 0.300 e. The van der Waals surface area contributed by atoms with Gasteiger partial charge in [-0.1, -0.05) is 13.8 Å². The minimum atomic E-state index is -0.383. The Morgan fingerprint density at radius 3 is 2.55 bits per heavy atom. The van der Waals surface area contributed by atoms with E-state index in [2.05, 4.69) is 6.92 Å². The molecule has 6 atom stereocenters. The molecule has 4 fully saturated rings. The molecule has 0 spiro atoms. The number of rotatable bonds is 0. The van der Waals surface area contributed by atoms with E-state index in [0.29, 0.717) is 60.8 Å². The fourth-order valence-corrected chi connectivity index (χ4v) is 6.64. The van der Waals surface area contributed by atoms with Crippen LogP contribution in [-0.2, 0) is 14.4 Å². The zero-order valence-electron chi connectivity index (χ0n) is 13.7. The lowest BCUT2D eigenvalue weighted by atomic mass is 9.45. The molecule has 0 saturated heterocycles. The maximum atomic E-state index is 13.0. The van der Waals surface area contributed by atoms with Gasteiger partial charge in [-0.2, -0.15) is 0 Å². The monoisotopic (exact) mass is 302 g/mol. The van der Waals surface area contributed by atoms with E-state index in [1.807, 2.05) is 6.92 Å². The number of hydrogen-bond donors (Lipinski definition) is 0. The van der Waals surface area contributed by atoms with Crippen molar-refractivity contribution in [1.82, 2.24) is 0 Å². The van der Waals surface area contributed by atoms with Crippen LogP contribution in [0.2, 0.25) is 0 Å². The first kappa shape index (κ1) is 14.6. The van der Waals surface area contributed by atoms with Gasteiger partial charge in [-0.25, -0.2) is 0 Å². The Morgan fingerprint density at radius 1 is 1.00 bits per heavy atom. The van der Waals surface area contributed by atoms with Crippen LogP contribution >= 0.6 is 0 Å². The third kappa shape index (κ3) is 1.71. The van der Waals surface area contributed by atoms with Gasteiger partial charge in [0.25, 0.3) is 0 Å². The summed E-state index contributed by atoms with van der Waals surface area (Å²) in [4.78, 5) is 37.2. The smallest absolute Gasteiger partial charge is 0.139 e. The molecule has 0 amide bonds. The molecule has 0 heterocycles. The van der Waals surface area contributed by atoms with Crippen molar-refractivity contribution in [3.63, 3.8) is 0 Å². The van der Waals surface area contributed by atoms with Gasteiger partial charge in [0.1, 0.15) is 17.3 Å². The highest BCUT2D eigenvalue weighted by Crippen LogP contribution is 2.64. The van der Waals surface area contributed by atoms with E-state index in [1.165, 1.54) is 0 Å². The quantitative estimate of drug-likeness (QED) is 0.689. The van der Waals surface area contributed by atoms with Crippen LogP contribution in [-0.4, -0.2) is 17.3 Å². The van der Waals surface area contributed by atoms with Crippen LogP contribution in [0.5, 0.6) is 0 Å². The summed E-state index contributed by atoms with van der Waals surface area (Å²) < 4.78 is 0. The molecule has 0 aliphatic heterocycles. The van der Waals surface area contributed by atoms with E-state index in [4.69, 9.17) is 0 Å². The number of Topliss-reactive ketones (excluding diaryl/α,β-unsaturated/α-hetero) is 3. The van der Waals surface area contributed by atoms with Crippen LogP contribution in [0.15, 0.2) is 0 Å². The Labute approximate surface area is 132 Å². The van der Waals surface area contributed by atoms with Gasteiger partial charge in [0, 0.05) is 37.0 Å². The highest BCUT2D eigenvalue weighted by molar-refractivity contribution is 5.95. The van der Waals surface area contributed by atoms with E-state index in [-0.39, 0.29) is 16.7 Å². The topological polar surface area (TPSA) is 51.2 Å². The van der Waals surface area contributed by atoms with Crippen LogP contribution < -0.4 is 0 Å². The highest BCUT2D eigenvalue weighted by atomic mass is 16.1. The minimum Gasteiger partial charge on any atom is -0.300 e. The normalized spacial score (nSPS) is 51.3. The van der Waals surface area contributed by atoms with Crippen LogP contribution in [0.1, 0.15) is 65.2 Å². The zero-order valence-corrected chi connectivity index (χ0v) is 13.7. The van der Waals surface area contributed by atoms with Gasteiger partial charge >= 0.3 is 0 Å². The molecule has 0 aromatic rings. The van der Waals surface area contributed by atoms with Gasteiger partial charge in [0.15, 0.2) is 0 Å². The summed E-state index contributed by atoms with van der Waals surface area (Å²) in [6.45, 7) is 4.30. The molecular weight excluding hydrogens is 276 g/mol. The average molecular weight is 302 g/mol. The van der Waals surface area contributed by atoms with Gasteiger partial charge in [0.2, 0.25) is 0 Å². The molecule has 4 aliphatic rings. The number of ketones is 3. The van der Waals surface area contributed by atoms with Crippen molar-refractivity contribution >= 4 is 17.3 Å². The molecule has 3 heteroatoms. The van der Waals surface area contributed by atoms with Crippen LogP contribution in [0, 0.1) is 34.5 Å². The molecule has 0 unspecified atom stereocenters. The maximum Gasteiger partial charge on any atom is 0.139 e. The standard InChI is InChI=1S/C19H26O3/c1-18-8-7-12(20)9-11(18)3-4-13-14-5-6-16(22)19(14,2)10-15(21)17(13)18/h11,13-14,17H,3-10H2,1-2H3/t11-,13-,14-,17+,18-,19-/m0/s1. The molecule has 0 N–H and O–H groups in total. The van der Waals surface area contributed by atoms with Gasteiger partial charge < -0.3 is 0 Å². The van der Waals surface area contributed by atoms with Crippen molar-refractivity contribution < 1.29 is 14.4 Å². The van der Waals surface area contributed by atoms with Crippen LogP contribution in [0.4, 0.5) is 0 Å². The Morgan fingerprint density at radius 2 is 1.77 bits per heavy atom. The second-order valence-electron chi connectivity index (χ2n) is 8.79. The van der Waals surface area contributed by atoms with E-state index in [0.717, 1.165) is 25.7 Å². The molecule has 4 saturated carbocycles. The Hall–Kier alpha value is -0.990. The van der Waals surface area contributed by atoms with Gasteiger partial charge in [-0.3, -0.25) is 14.4 Å². The van der Waals surface area contributed by atoms with E-state index in [9.17, 15) is 14.4 Å². The molecule has 3 nitrogen and oxygen atoms in total. The summed E-state index contributed by atoms with van der Waals surface area (Å²) >= 11 is 0.